The summed E-state index contributed by atoms with van der Waals surface area (Å²) in [5.74, 6) is 0.450. The number of hydrogen-bond donors (Lipinski definition) is 4. The molecule has 6 N–H and O–H groups in total. The van der Waals surface area contributed by atoms with E-state index in [1.807, 2.05) is 6.07 Å². The van der Waals surface area contributed by atoms with E-state index >= 15 is 0 Å². The number of primary sulfonamides is 1. The zero-order valence-electron chi connectivity index (χ0n) is 13.6. The van der Waals surface area contributed by atoms with Gasteiger partial charge in [-0.3, -0.25) is 0 Å². The van der Waals surface area contributed by atoms with Crippen molar-refractivity contribution < 1.29 is 8.42 Å². The first-order valence-electron chi connectivity index (χ1n) is 7.51. The SMILES string of the molecule is Cc1ccc(-c2cccc3nc(N)[nH]c23)c(-c2nnn[nH]2)c1S(N)(=O)=O. The van der Waals surface area contributed by atoms with Crippen LogP contribution in [-0.2, 0) is 10.0 Å². The summed E-state index contributed by atoms with van der Waals surface area (Å²) >= 11 is 0. The summed E-state index contributed by atoms with van der Waals surface area (Å²) in [5, 5.41) is 19.1. The van der Waals surface area contributed by atoms with E-state index in [0.29, 0.717) is 27.7 Å². The maximum Gasteiger partial charge on any atom is 0.239 e. The van der Waals surface area contributed by atoms with E-state index in [2.05, 4.69) is 30.6 Å². The van der Waals surface area contributed by atoms with Crippen LogP contribution < -0.4 is 10.9 Å². The van der Waals surface area contributed by atoms with E-state index in [4.69, 9.17) is 10.9 Å². The molecule has 0 aliphatic carbocycles. The third kappa shape index (κ3) is 2.50. The molecule has 0 spiro atoms. The molecule has 0 radical (unpaired) electrons. The molecule has 4 aromatic rings. The Bertz CT molecular complexity index is 1230. The van der Waals surface area contributed by atoms with Crippen LogP contribution in [-0.4, -0.2) is 39.0 Å². The molecule has 132 valence electrons. The number of H-pyrrole nitrogens is 2. The summed E-state index contributed by atoms with van der Waals surface area (Å²) in [7, 11) is -4.03. The van der Waals surface area contributed by atoms with Gasteiger partial charge < -0.3 is 10.7 Å². The molecular formula is C15H14N8O2S. The quantitative estimate of drug-likeness (QED) is 0.416. The minimum absolute atomic E-state index is 0.0435. The monoisotopic (exact) mass is 370 g/mol. The number of tetrazole rings is 1. The van der Waals surface area contributed by atoms with Crippen LogP contribution in [0.2, 0.25) is 0 Å². The molecule has 0 saturated heterocycles. The van der Waals surface area contributed by atoms with Gasteiger partial charge in [0.1, 0.15) is 0 Å². The summed E-state index contributed by atoms with van der Waals surface area (Å²) < 4.78 is 24.6. The minimum Gasteiger partial charge on any atom is -0.369 e. The van der Waals surface area contributed by atoms with Crippen LogP contribution in [0.5, 0.6) is 0 Å². The van der Waals surface area contributed by atoms with E-state index < -0.39 is 10.0 Å². The first kappa shape index (κ1) is 16.2. The van der Waals surface area contributed by atoms with Crippen LogP contribution in [0.25, 0.3) is 33.5 Å². The van der Waals surface area contributed by atoms with E-state index in [1.165, 1.54) is 0 Å². The minimum atomic E-state index is -4.03. The van der Waals surface area contributed by atoms with Gasteiger partial charge in [-0.1, -0.05) is 24.3 Å². The molecule has 0 unspecified atom stereocenters. The number of sulfonamides is 1. The van der Waals surface area contributed by atoms with Gasteiger partial charge in [0.25, 0.3) is 0 Å². The zero-order chi connectivity index (χ0) is 18.5. The molecule has 2 aromatic heterocycles. The highest BCUT2D eigenvalue weighted by molar-refractivity contribution is 7.89. The Morgan fingerprint density at radius 2 is 1.92 bits per heavy atom. The molecule has 0 bridgehead atoms. The van der Waals surface area contributed by atoms with Crippen LogP contribution in [0.15, 0.2) is 35.2 Å². The predicted molar refractivity (Wildman–Crippen MR) is 95.2 cm³/mol. The fraction of sp³-hybridized carbons (Fsp3) is 0.0667. The van der Waals surface area contributed by atoms with Crippen molar-refractivity contribution in [1.29, 1.82) is 0 Å². The summed E-state index contributed by atoms with van der Waals surface area (Å²) in [6.45, 7) is 1.66. The Kier molecular flexibility index (Phi) is 3.49. The highest BCUT2D eigenvalue weighted by Gasteiger charge is 2.25. The average molecular weight is 370 g/mol. The van der Waals surface area contributed by atoms with Crippen molar-refractivity contribution in [2.24, 2.45) is 5.14 Å². The molecule has 0 fully saturated rings. The van der Waals surface area contributed by atoms with Crippen LogP contribution >= 0.6 is 0 Å². The summed E-state index contributed by atoms with van der Waals surface area (Å²) in [6, 6.07) is 8.90. The van der Waals surface area contributed by atoms with E-state index in [9.17, 15) is 8.42 Å². The van der Waals surface area contributed by atoms with Crippen molar-refractivity contribution in [2.75, 3.05) is 5.73 Å². The number of anilines is 1. The predicted octanol–water partition coefficient (Wildman–Crippen LogP) is 0.948. The topological polar surface area (TPSA) is 169 Å². The first-order chi connectivity index (χ1) is 12.4. The van der Waals surface area contributed by atoms with E-state index in [-0.39, 0.29) is 22.2 Å². The van der Waals surface area contributed by atoms with Gasteiger partial charge in [-0.25, -0.2) is 23.6 Å². The molecule has 2 aromatic carbocycles. The van der Waals surface area contributed by atoms with E-state index in [1.54, 1.807) is 31.2 Å². The molecule has 10 nitrogen and oxygen atoms in total. The third-order valence-electron chi connectivity index (χ3n) is 4.05. The van der Waals surface area contributed by atoms with Gasteiger partial charge in [0, 0.05) is 11.1 Å². The normalized spacial score (nSPS) is 11.9. The number of imidazole rings is 1. The van der Waals surface area contributed by atoms with E-state index in [0.717, 1.165) is 0 Å². The fourth-order valence-corrected chi connectivity index (χ4v) is 4.06. The Balaban J connectivity index is 2.16. The first-order valence-corrected chi connectivity index (χ1v) is 9.06. The molecule has 0 amide bonds. The highest BCUT2D eigenvalue weighted by Crippen LogP contribution is 2.39. The molecular weight excluding hydrogens is 356 g/mol. The maximum atomic E-state index is 12.3. The number of nitrogens with two attached hydrogens (primary N) is 2. The Morgan fingerprint density at radius 3 is 2.62 bits per heavy atom. The molecule has 11 heteroatoms. The standard InChI is InChI=1S/C15H14N8O2S/c1-7-5-6-8(9-3-2-4-10-12(9)19-15(16)18-10)11(13(7)26(17,24)25)14-20-22-23-21-14/h2-6H,1H3,(H3,16,18,19)(H2,17,24,25)(H,20,21,22,23). The summed E-state index contributed by atoms with van der Waals surface area (Å²) in [4.78, 5) is 7.16. The van der Waals surface area contributed by atoms with Gasteiger partial charge in [-0.2, -0.15) is 0 Å². The van der Waals surface area contributed by atoms with Crippen molar-refractivity contribution in [3.63, 3.8) is 0 Å². The number of benzene rings is 2. The number of para-hydroxylation sites is 1. The number of aromatic nitrogens is 6. The van der Waals surface area contributed by atoms with Crippen molar-refractivity contribution in [1.82, 2.24) is 30.6 Å². The maximum absolute atomic E-state index is 12.3. The summed E-state index contributed by atoms with van der Waals surface area (Å²) in [6.07, 6.45) is 0. The largest absolute Gasteiger partial charge is 0.369 e. The number of rotatable bonds is 3. The molecule has 26 heavy (non-hydrogen) atoms. The van der Waals surface area contributed by atoms with Crippen LogP contribution in [0.3, 0.4) is 0 Å². The highest BCUT2D eigenvalue weighted by atomic mass is 32.2. The van der Waals surface area contributed by atoms with Gasteiger partial charge in [-0.15, -0.1) is 5.10 Å². The number of nitrogens with one attached hydrogen (secondary N) is 2. The van der Waals surface area contributed by atoms with Crippen molar-refractivity contribution in [3.8, 4) is 22.5 Å². The number of aryl methyl sites for hydroxylation is 1. The average Bonchev–Trinajstić information content (AvgIpc) is 3.21. The molecule has 0 aliphatic heterocycles. The lowest BCUT2D eigenvalue weighted by Crippen LogP contribution is -2.16. The summed E-state index contributed by atoms with van der Waals surface area (Å²) in [5.41, 5.74) is 9.14. The Labute approximate surface area is 147 Å². The molecule has 4 rings (SSSR count). The van der Waals surface area contributed by atoms with Crippen LogP contribution in [0.4, 0.5) is 5.95 Å². The van der Waals surface area contributed by atoms with Gasteiger partial charge in [-0.05, 0) is 34.5 Å². The number of nitrogen functional groups attached to an aromatic ring is 1. The zero-order valence-corrected chi connectivity index (χ0v) is 14.4. The molecule has 2 heterocycles. The van der Waals surface area contributed by atoms with Crippen molar-refractivity contribution in [2.45, 2.75) is 11.8 Å². The number of nitrogens with zero attached hydrogens (tertiary/aromatic N) is 4. The lowest BCUT2D eigenvalue weighted by atomic mass is 9.96. The van der Waals surface area contributed by atoms with Crippen LogP contribution in [0, 0.1) is 6.92 Å². The molecule has 0 aliphatic rings. The fourth-order valence-electron chi connectivity index (χ4n) is 3.05. The Morgan fingerprint density at radius 1 is 1.12 bits per heavy atom. The number of hydrogen-bond acceptors (Lipinski definition) is 7. The van der Waals surface area contributed by atoms with Gasteiger partial charge in [0.05, 0.1) is 15.9 Å². The van der Waals surface area contributed by atoms with Crippen molar-refractivity contribution >= 4 is 27.0 Å². The smallest absolute Gasteiger partial charge is 0.239 e. The molecule has 0 saturated carbocycles. The van der Waals surface area contributed by atoms with Crippen LogP contribution in [0.1, 0.15) is 5.56 Å². The van der Waals surface area contributed by atoms with Gasteiger partial charge in [0.2, 0.25) is 10.0 Å². The third-order valence-corrected chi connectivity index (χ3v) is 5.14. The molecule has 0 atom stereocenters. The number of aromatic amines is 2. The van der Waals surface area contributed by atoms with Crippen molar-refractivity contribution in [3.05, 3.63) is 35.9 Å². The Hall–Kier alpha value is -3.31. The lowest BCUT2D eigenvalue weighted by Gasteiger charge is -2.14. The second kappa shape index (κ2) is 5.61. The lowest BCUT2D eigenvalue weighted by molar-refractivity contribution is 0.597. The second-order valence-corrected chi connectivity index (χ2v) is 7.25. The second-order valence-electron chi connectivity index (χ2n) is 5.75. The number of fused-ring (bicyclic) bond motifs is 1. The van der Waals surface area contributed by atoms with Gasteiger partial charge >= 0.3 is 0 Å². The van der Waals surface area contributed by atoms with Gasteiger partial charge in [0.15, 0.2) is 11.8 Å².